The van der Waals surface area contributed by atoms with Crippen molar-refractivity contribution in [2.75, 3.05) is 6.54 Å². The quantitative estimate of drug-likeness (QED) is 0.584. The monoisotopic (exact) mass is 307 g/mol. The molecule has 1 heteroatoms. The molecule has 0 spiro atoms. The summed E-state index contributed by atoms with van der Waals surface area (Å²) in [4.78, 5) is 0. The Labute approximate surface area is 141 Å². The molecule has 1 saturated heterocycles. The number of nitrogens with one attached hydrogen (secondary N) is 1. The molecule has 2 aliphatic rings. The maximum absolute atomic E-state index is 4.60. The average molecular weight is 307 g/mol. The van der Waals surface area contributed by atoms with Gasteiger partial charge in [-0.15, -0.1) is 12.3 Å². The summed E-state index contributed by atoms with van der Waals surface area (Å²) in [5.74, 6) is 2.25. The molecule has 0 bridgehead atoms. The molecule has 1 nitrogen and oxygen atoms in total. The van der Waals surface area contributed by atoms with Crippen LogP contribution in [-0.2, 0) is 6.42 Å². The zero-order valence-corrected chi connectivity index (χ0v) is 14.7. The first-order valence-corrected chi connectivity index (χ1v) is 8.68. The molecular formula is C22H29N. The van der Waals surface area contributed by atoms with Crippen LogP contribution in [0.25, 0.3) is 0 Å². The first-order chi connectivity index (χ1) is 11.2. The summed E-state index contributed by atoms with van der Waals surface area (Å²) in [5, 5.41) is 3.83. The molecule has 1 aromatic carbocycles. The maximum Gasteiger partial charge on any atom is 0.0420 e. The van der Waals surface area contributed by atoms with E-state index < -0.39 is 0 Å². The third-order valence-corrected chi connectivity index (χ3v) is 5.15. The molecule has 0 aromatic heterocycles. The first-order valence-electron chi connectivity index (χ1n) is 8.68. The minimum absolute atomic E-state index is 0.291. The molecular weight excluding hydrogens is 278 g/mol. The number of fused-ring (bicyclic) bond motifs is 3. The van der Waals surface area contributed by atoms with E-state index in [1.165, 1.54) is 36.8 Å². The topological polar surface area (TPSA) is 12.0 Å². The second-order valence-corrected chi connectivity index (χ2v) is 6.54. The van der Waals surface area contributed by atoms with E-state index in [1.54, 1.807) is 12.5 Å². The fraction of sp³-hybridized carbons (Fsp3) is 0.455. The van der Waals surface area contributed by atoms with Gasteiger partial charge in [0.25, 0.3) is 0 Å². The minimum Gasteiger partial charge on any atom is -0.309 e. The van der Waals surface area contributed by atoms with Gasteiger partial charge in [0, 0.05) is 11.5 Å². The van der Waals surface area contributed by atoms with Crippen molar-refractivity contribution in [3.63, 3.8) is 0 Å². The van der Waals surface area contributed by atoms with Gasteiger partial charge in [0.1, 0.15) is 0 Å². The Balaban J connectivity index is 0.000000595. The summed E-state index contributed by atoms with van der Waals surface area (Å²) >= 11 is 0. The van der Waals surface area contributed by atoms with Gasteiger partial charge in [-0.3, -0.25) is 0 Å². The number of allylic oxidation sites excluding steroid dienone is 3. The lowest BCUT2D eigenvalue weighted by Crippen LogP contribution is -2.35. The van der Waals surface area contributed by atoms with Crippen LogP contribution in [0, 0.1) is 17.8 Å². The number of benzene rings is 1. The van der Waals surface area contributed by atoms with Gasteiger partial charge in [-0.05, 0) is 57.7 Å². The molecule has 1 heterocycles. The molecule has 0 saturated carbocycles. The SMILES string of the molecule is C#CC.C/C=C\C=C(/C)C12CCCCNC1c1ccccc1C2. The van der Waals surface area contributed by atoms with Crippen LogP contribution < -0.4 is 5.32 Å². The van der Waals surface area contributed by atoms with Crippen molar-refractivity contribution in [2.45, 2.75) is 52.5 Å². The Morgan fingerprint density at radius 3 is 2.83 bits per heavy atom. The molecule has 2 unspecified atom stereocenters. The van der Waals surface area contributed by atoms with Crippen molar-refractivity contribution >= 4 is 0 Å². The lowest BCUT2D eigenvalue weighted by molar-refractivity contribution is 0.264. The Morgan fingerprint density at radius 2 is 2.09 bits per heavy atom. The van der Waals surface area contributed by atoms with Gasteiger partial charge in [0.05, 0.1) is 0 Å². The van der Waals surface area contributed by atoms with Gasteiger partial charge in [0.2, 0.25) is 0 Å². The molecule has 1 N–H and O–H groups in total. The fourth-order valence-electron chi connectivity index (χ4n) is 4.04. The first kappa shape index (κ1) is 17.6. The summed E-state index contributed by atoms with van der Waals surface area (Å²) in [6.45, 7) is 7.22. The van der Waals surface area contributed by atoms with E-state index in [0.29, 0.717) is 11.5 Å². The zero-order chi connectivity index (χ0) is 16.7. The highest BCUT2D eigenvalue weighted by Crippen LogP contribution is 2.54. The molecule has 3 rings (SSSR count). The highest BCUT2D eigenvalue weighted by molar-refractivity contribution is 5.43. The molecule has 122 valence electrons. The van der Waals surface area contributed by atoms with Crippen molar-refractivity contribution in [3.05, 3.63) is 59.2 Å². The zero-order valence-electron chi connectivity index (χ0n) is 14.7. The Hall–Kier alpha value is -1.78. The standard InChI is InChI=1S/C19H25N.C3H4/c1-3-4-9-15(2)19-12-7-8-13-20-18(19)17-11-6-5-10-16(17)14-19;1-3-2/h3-6,9-11,18,20H,7-8,12-14H2,1-2H3;1H,2H3/b4-3-,15-9+;. The molecule has 1 aliphatic carbocycles. The lowest BCUT2D eigenvalue weighted by Gasteiger charge is -2.36. The van der Waals surface area contributed by atoms with Gasteiger partial charge in [-0.25, -0.2) is 0 Å². The van der Waals surface area contributed by atoms with E-state index in [1.807, 2.05) is 0 Å². The van der Waals surface area contributed by atoms with Crippen molar-refractivity contribution in [1.82, 2.24) is 5.32 Å². The highest BCUT2D eigenvalue weighted by atomic mass is 15.0. The normalized spacial score (nSPS) is 26.5. The van der Waals surface area contributed by atoms with Crippen molar-refractivity contribution in [1.29, 1.82) is 0 Å². The van der Waals surface area contributed by atoms with E-state index in [-0.39, 0.29) is 0 Å². The smallest absolute Gasteiger partial charge is 0.0420 e. The summed E-state index contributed by atoms with van der Waals surface area (Å²) < 4.78 is 0. The van der Waals surface area contributed by atoms with Crippen LogP contribution in [0.1, 0.15) is 57.2 Å². The van der Waals surface area contributed by atoms with Crippen LogP contribution >= 0.6 is 0 Å². The Kier molecular flexibility index (Phi) is 6.25. The van der Waals surface area contributed by atoms with Crippen molar-refractivity contribution in [2.24, 2.45) is 5.41 Å². The second kappa shape index (κ2) is 8.18. The molecule has 2 atom stereocenters. The number of hydrogen-bond donors (Lipinski definition) is 1. The summed E-state index contributed by atoms with van der Waals surface area (Å²) in [5.41, 5.74) is 4.90. The number of rotatable bonds is 2. The van der Waals surface area contributed by atoms with Crippen LogP contribution in [0.5, 0.6) is 0 Å². The third kappa shape index (κ3) is 3.59. The Bertz CT molecular complexity index is 617. The Morgan fingerprint density at radius 1 is 1.35 bits per heavy atom. The summed E-state index contributed by atoms with van der Waals surface area (Å²) in [7, 11) is 0. The van der Waals surface area contributed by atoms with Gasteiger partial charge >= 0.3 is 0 Å². The third-order valence-electron chi connectivity index (χ3n) is 5.15. The predicted molar refractivity (Wildman–Crippen MR) is 100 cm³/mol. The minimum atomic E-state index is 0.291. The van der Waals surface area contributed by atoms with E-state index in [2.05, 4.69) is 74.0 Å². The van der Waals surface area contributed by atoms with Gasteiger partial charge < -0.3 is 5.32 Å². The van der Waals surface area contributed by atoms with Crippen LogP contribution in [0.15, 0.2) is 48.1 Å². The van der Waals surface area contributed by atoms with E-state index in [4.69, 9.17) is 0 Å². The molecule has 1 aliphatic heterocycles. The van der Waals surface area contributed by atoms with E-state index >= 15 is 0 Å². The van der Waals surface area contributed by atoms with Crippen molar-refractivity contribution in [3.8, 4) is 12.3 Å². The lowest BCUT2D eigenvalue weighted by atomic mass is 9.71. The fourth-order valence-corrected chi connectivity index (χ4v) is 4.04. The van der Waals surface area contributed by atoms with Gasteiger partial charge in [0.15, 0.2) is 0 Å². The number of hydrogen-bond acceptors (Lipinski definition) is 1. The van der Waals surface area contributed by atoms with Gasteiger partial charge in [-0.2, -0.15) is 0 Å². The van der Waals surface area contributed by atoms with E-state index in [9.17, 15) is 0 Å². The summed E-state index contributed by atoms with van der Waals surface area (Å²) in [6, 6.07) is 9.51. The summed E-state index contributed by atoms with van der Waals surface area (Å²) in [6.07, 6.45) is 16.4. The highest BCUT2D eigenvalue weighted by Gasteiger charge is 2.47. The molecule has 23 heavy (non-hydrogen) atoms. The van der Waals surface area contributed by atoms with Crippen LogP contribution in [-0.4, -0.2) is 6.54 Å². The predicted octanol–water partition coefficient (Wildman–Crippen LogP) is 5.21. The molecule has 1 fully saturated rings. The second-order valence-electron chi connectivity index (χ2n) is 6.54. The van der Waals surface area contributed by atoms with Crippen LogP contribution in [0.3, 0.4) is 0 Å². The van der Waals surface area contributed by atoms with E-state index in [0.717, 1.165) is 6.54 Å². The molecule has 0 radical (unpaired) electrons. The van der Waals surface area contributed by atoms with Crippen molar-refractivity contribution < 1.29 is 0 Å². The maximum atomic E-state index is 4.60. The van der Waals surface area contributed by atoms with Gasteiger partial charge in [-0.1, -0.05) is 54.5 Å². The largest absolute Gasteiger partial charge is 0.309 e. The van der Waals surface area contributed by atoms with Crippen LogP contribution in [0.4, 0.5) is 0 Å². The average Bonchev–Trinajstić information content (AvgIpc) is 2.73. The molecule has 0 amide bonds. The number of terminal acetylenes is 1. The van der Waals surface area contributed by atoms with Crippen LogP contribution in [0.2, 0.25) is 0 Å². The molecule has 1 aromatic rings.